The van der Waals surface area contributed by atoms with Crippen LogP contribution in [0.25, 0.3) is 0 Å². The Morgan fingerprint density at radius 3 is 2.61 bits per heavy atom. The minimum absolute atomic E-state index is 0.0838. The van der Waals surface area contributed by atoms with Crippen molar-refractivity contribution in [2.45, 2.75) is 19.9 Å². The molecule has 1 aromatic rings. The van der Waals surface area contributed by atoms with Crippen molar-refractivity contribution in [3.8, 4) is 0 Å². The number of nitrogens with zero attached hydrogens (tertiary/aromatic N) is 2. The summed E-state index contributed by atoms with van der Waals surface area (Å²) < 4.78 is 19.5. The average Bonchev–Trinajstić information content (AvgIpc) is 2.50. The number of rotatable bonds is 3. The third-order valence-corrected chi connectivity index (χ3v) is 4.24. The van der Waals surface area contributed by atoms with Crippen molar-refractivity contribution in [3.63, 3.8) is 0 Å². The predicted octanol–water partition coefficient (Wildman–Crippen LogP) is 3.35. The van der Waals surface area contributed by atoms with E-state index in [2.05, 4.69) is 0 Å². The maximum absolute atomic E-state index is 14.4. The summed E-state index contributed by atoms with van der Waals surface area (Å²) in [6.45, 7) is 3.48. The third kappa shape index (κ3) is 2.91. The van der Waals surface area contributed by atoms with Crippen molar-refractivity contribution in [1.29, 1.82) is 0 Å². The van der Waals surface area contributed by atoms with Crippen LogP contribution in [0.1, 0.15) is 25.5 Å². The van der Waals surface area contributed by atoms with Crippen LogP contribution in [0.4, 0.5) is 9.18 Å². The molecule has 1 aliphatic rings. The molecule has 1 aromatic carbocycles. The van der Waals surface area contributed by atoms with Crippen molar-refractivity contribution in [3.05, 3.63) is 45.9 Å². The Morgan fingerprint density at radius 1 is 1.39 bits per heavy atom. The topological polar surface area (TPSA) is 49.9 Å². The molecule has 2 rings (SSSR count). The number of hydrogen-bond donors (Lipinski definition) is 0. The number of halogens is 2. The van der Waals surface area contributed by atoms with Crippen molar-refractivity contribution >= 4 is 23.6 Å². The normalized spacial score (nSPS) is 18.5. The molecule has 0 radical (unpaired) electrons. The minimum atomic E-state index is -0.938. The quantitative estimate of drug-likeness (QED) is 0.793. The molecule has 0 N–H and O–H groups in total. The van der Waals surface area contributed by atoms with Gasteiger partial charge in [0.05, 0.1) is 18.2 Å². The Hall–Kier alpha value is -2.08. The third-order valence-electron chi connectivity index (χ3n) is 3.91. The summed E-state index contributed by atoms with van der Waals surface area (Å²) in [7, 11) is 3.05. The fraction of sp³-hybridized carbons (Fsp3) is 0.375. The lowest BCUT2D eigenvalue weighted by atomic mass is 9.93. The smallest absolute Gasteiger partial charge is 0.338 e. The summed E-state index contributed by atoms with van der Waals surface area (Å²) in [6.07, 6.45) is 0. The Kier molecular flexibility index (Phi) is 4.94. The van der Waals surface area contributed by atoms with E-state index in [0.29, 0.717) is 5.70 Å². The van der Waals surface area contributed by atoms with Crippen LogP contribution < -0.4 is 0 Å². The number of benzene rings is 1. The molecule has 1 heterocycles. The van der Waals surface area contributed by atoms with Crippen LogP contribution in [0.3, 0.4) is 0 Å². The molecule has 0 saturated carbocycles. The standard InChI is InChI=1S/C16H18ClFN2O3/c1-5-23-15(21)12-9(2)19(3)16(22)20(4)14(12)13-10(17)7-6-8-11(13)18/h6-8,14H,5H2,1-4H3/t14-/m1/s1. The SMILES string of the molecule is CCOC(=O)C1=C(C)N(C)C(=O)N(C)[C@H]1c1c(F)cccc1Cl. The zero-order valence-corrected chi connectivity index (χ0v) is 14.1. The highest BCUT2D eigenvalue weighted by Crippen LogP contribution is 2.40. The van der Waals surface area contributed by atoms with Gasteiger partial charge in [0.1, 0.15) is 5.82 Å². The minimum Gasteiger partial charge on any atom is -0.463 e. The zero-order valence-electron chi connectivity index (χ0n) is 13.4. The van der Waals surface area contributed by atoms with Gasteiger partial charge in [-0.15, -0.1) is 0 Å². The van der Waals surface area contributed by atoms with Crippen LogP contribution in [0, 0.1) is 5.82 Å². The van der Waals surface area contributed by atoms with Crippen LogP contribution in [0.15, 0.2) is 29.5 Å². The lowest BCUT2D eigenvalue weighted by Crippen LogP contribution is -2.47. The fourth-order valence-electron chi connectivity index (χ4n) is 2.64. The Balaban J connectivity index is 2.70. The molecule has 7 heteroatoms. The number of carbonyl (C=O) groups excluding carboxylic acids is 2. The number of urea groups is 1. The van der Waals surface area contributed by atoms with E-state index in [-0.39, 0.29) is 28.8 Å². The molecule has 23 heavy (non-hydrogen) atoms. The first-order chi connectivity index (χ1) is 10.8. The van der Waals surface area contributed by atoms with Crippen LogP contribution in [-0.4, -0.2) is 42.5 Å². The molecule has 2 amide bonds. The molecule has 5 nitrogen and oxygen atoms in total. The number of allylic oxidation sites excluding steroid dienone is 1. The lowest BCUT2D eigenvalue weighted by Gasteiger charge is -2.39. The number of carbonyl (C=O) groups is 2. The molecule has 0 aliphatic carbocycles. The van der Waals surface area contributed by atoms with Gasteiger partial charge in [0, 0.05) is 30.4 Å². The highest BCUT2D eigenvalue weighted by Gasteiger charge is 2.41. The average molecular weight is 341 g/mol. The summed E-state index contributed by atoms with van der Waals surface area (Å²) >= 11 is 6.14. The fourth-order valence-corrected chi connectivity index (χ4v) is 2.91. The van der Waals surface area contributed by atoms with Gasteiger partial charge in [-0.1, -0.05) is 17.7 Å². The van der Waals surface area contributed by atoms with E-state index in [1.165, 1.54) is 35.0 Å². The Bertz CT molecular complexity index is 670. The van der Waals surface area contributed by atoms with Gasteiger partial charge in [0.2, 0.25) is 0 Å². The van der Waals surface area contributed by atoms with Gasteiger partial charge in [-0.3, -0.25) is 0 Å². The van der Waals surface area contributed by atoms with Crippen molar-refractivity contribution in [2.75, 3.05) is 20.7 Å². The highest BCUT2D eigenvalue weighted by atomic mass is 35.5. The number of hydrogen-bond acceptors (Lipinski definition) is 3. The molecule has 0 aromatic heterocycles. The molecule has 0 fully saturated rings. The van der Waals surface area contributed by atoms with E-state index >= 15 is 0 Å². The molecular weight excluding hydrogens is 323 g/mol. The van der Waals surface area contributed by atoms with Gasteiger partial charge in [-0.25, -0.2) is 14.0 Å². The molecule has 0 unspecified atom stereocenters. The maximum Gasteiger partial charge on any atom is 0.338 e. The zero-order chi connectivity index (χ0) is 17.3. The number of amides is 2. The largest absolute Gasteiger partial charge is 0.463 e. The molecule has 1 atom stereocenters. The first kappa shape index (κ1) is 17.3. The second-order valence-electron chi connectivity index (χ2n) is 5.21. The monoisotopic (exact) mass is 340 g/mol. The second-order valence-corrected chi connectivity index (χ2v) is 5.62. The molecule has 0 saturated heterocycles. The van der Waals surface area contributed by atoms with Gasteiger partial charge in [0.15, 0.2) is 0 Å². The Labute approximate surface area is 139 Å². The molecule has 124 valence electrons. The summed E-state index contributed by atoms with van der Waals surface area (Å²) in [5, 5.41) is 0.147. The number of esters is 1. The van der Waals surface area contributed by atoms with E-state index < -0.39 is 17.8 Å². The van der Waals surface area contributed by atoms with E-state index in [1.807, 2.05) is 0 Å². The Morgan fingerprint density at radius 2 is 2.04 bits per heavy atom. The van der Waals surface area contributed by atoms with Crippen molar-refractivity contribution < 1.29 is 18.7 Å². The van der Waals surface area contributed by atoms with Crippen LogP contribution in [0.5, 0.6) is 0 Å². The second kappa shape index (κ2) is 6.58. The summed E-state index contributed by atoms with van der Waals surface area (Å²) in [5.41, 5.74) is 0.694. The van der Waals surface area contributed by atoms with Gasteiger partial charge < -0.3 is 14.5 Å². The van der Waals surface area contributed by atoms with Gasteiger partial charge in [-0.2, -0.15) is 0 Å². The van der Waals surface area contributed by atoms with E-state index in [4.69, 9.17) is 16.3 Å². The van der Waals surface area contributed by atoms with E-state index in [9.17, 15) is 14.0 Å². The summed E-state index contributed by atoms with van der Waals surface area (Å²) in [5.74, 6) is -1.18. The highest BCUT2D eigenvalue weighted by molar-refractivity contribution is 6.31. The van der Waals surface area contributed by atoms with Gasteiger partial charge in [-0.05, 0) is 26.0 Å². The molecule has 0 bridgehead atoms. The van der Waals surface area contributed by atoms with Crippen LogP contribution in [-0.2, 0) is 9.53 Å². The lowest BCUT2D eigenvalue weighted by molar-refractivity contribution is -0.139. The van der Waals surface area contributed by atoms with Gasteiger partial charge >= 0.3 is 12.0 Å². The van der Waals surface area contributed by atoms with Gasteiger partial charge in [0.25, 0.3) is 0 Å². The van der Waals surface area contributed by atoms with Crippen LogP contribution >= 0.6 is 11.6 Å². The number of likely N-dealkylation sites (N-methyl/N-ethyl adjacent to an activating group) is 1. The van der Waals surface area contributed by atoms with Crippen molar-refractivity contribution in [1.82, 2.24) is 9.80 Å². The predicted molar refractivity (Wildman–Crippen MR) is 84.4 cm³/mol. The first-order valence-electron chi connectivity index (χ1n) is 7.13. The summed E-state index contributed by atoms with van der Waals surface area (Å²) in [4.78, 5) is 27.4. The molecular formula is C16H18ClFN2O3. The summed E-state index contributed by atoms with van der Waals surface area (Å²) in [6, 6.07) is 2.94. The van der Waals surface area contributed by atoms with E-state index in [1.54, 1.807) is 20.9 Å². The van der Waals surface area contributed by atoms with Crippen molar-refractivity contribution in [2.24, 2.45) is 0 Å². The first-order valence-corrected chi connectivity index (χ1v) is 7.51. The number of ether oxygens (including phenoxy) is 1. The molecule has 0 spiro atoms. The maximum atomic E-state index is 14.4. The molecule has 1 aliphatic heterocycles. The van der Waals surface area contributed by atoms with E-state index in [0.717, 1.165) is 0 Å². The van der Waals surface area contributed by atoms with Crippen LogP contribution in [0.2, 0.25) is 5.02 Å².